The molecule has 2 atom stereocenters. The normalized spacial score (nSPS) is 22.0. The maximum absolute atomic E-state index is 11.2. The lowest BCUT2D eigenvalue weighted by atomic mass is 10.0. The molecule has 1 saturated heterocycles. The third-order valence-electron chi connectivity index (χ3n) is 1.89. The summed E-state index contributed by atoms with van der Waals surface area (Å²) in [5, 5.41) is 8.59. The second kappa shape index (κ2) is 4.39. The first kappa shape index (κ1) is 12.9. The van der Waals surface area contributed by atoms with Gasteiger partial charge in [-0.15, -0.1) is 0 Å². The average Bonchev–Trinajstić information content (AvgIpc) is 1.99. The number of hydrogen-bond donors (Lipinski definition) is 2. The Hall–Kier alpha value is -1.14. The molecule has 1 rings (SSSR count). The topological polar surface area (TPSA) is 102 Å². The lowest BCUT2D eigenvalue weighted by molar-refractivity contribution is -0.400. The number of nitrogens with zero attached hydrogens (tertiary/aromatic N) is 1. The van der Waals surface area contributed by atoms with Gasteiger partial charge in [0.25, 0.3) is 5.91 Å². The third-order valence-corrected chi connectivity index (χ3v) is 1.89. The summed E-state index contributed by atoms with van der Waals surface area (Å²) >= 11 is 0. The number of imide groups is 1. The van der Waals surface area contributed by atoms with Gasteiger partial charge in [0, 0.05) is 0 Å². The van der Waals surface area contributed by atoms with E-state index in [9.17, 15) is 14.4 Å². The van der Waals surface area contributed by atoms with E-state index in [1.54, 1.807) is 0 Å². The van der Waals surface area contributed by atoms with Crippen molar-refractivity contribution in [2.75, 3.05) is 0 Å². The molecule has 0 bridgehead atoms. The summed E-state index contributed by atoms with van der Waals surface area (Å²) in [5.41, 5.74) is 3.43. The van der Waals surface area contributed by atoms with Crippen LogP contribution in [-0.2, 0) is 14.4 Å². The Kier molecular flexibility index (Phi) is 4.03. The minimum Gasteiger partial charge on any atom is -1.00 e. The second-order valence-electron chi connectivity index (χ2n) is 3.06. The highest BCUT2D eigenvalue weighted by Crippen LogP contribution is 2.19. The smallest absolute Gasteiger partial charge is 0.327 e. The molecule has 0 radical (unpaired) electrons. The van der Waals surface area contributed by atoms with Crippen LogP contribution in [0.15, 0.2) is 0 Å². The molecule has 0 aromatic carbocycles. The van der Waals surface area contributed by atoms with E-state index in [0.29, 0.717) is 0 Å². The van der Waals surface area contributed by atoms with Crippen LogP contribution in [0.1, 0.15) is 13.3 Å². The number of carboxylic acids is 1. The number of aliphatic carboxylic acids is 1. The summed E-state index contributed by atoms with van der Waals surface area (Å²) in [6.07, 6.45) is -0.0895. The van der Waals surface area contributed by atoms with Crippen molar-refractivity contribution in [2.45, 2.75) is 25.4 Å². The van der Waals surface area contributed by atoms with Crippen molar-refractivity contribution >= 4 is 17.8 Å². The van der Waals surface area contributed by atoms with Crippen molar-refractivity contribution in [3.63, 3.8) is 0 Å². The van der Waals surface area contributed by atoms with Crippen LogP contribution in [0.3, 0.4) is 0 Å². The van der Waals surface area contributed by atoms with Crippen molar-refractivity contribution in [3.05, 3.63) is 0 Å². The van der Waals surface area contributed by atoms with E-state index in [0.717, 1.165) is 4.90 Å². The van der Waals surface area contributed by atoms with Crippen LogP contribution >= 0.6 is 0 Å². The molecule has 6 nitrogen and oxygen atoms in total. The maximum Gasteiger partial charge on any atom is 0.327 e. The van der Waals surface area contributed by atoms with Crippen molar-refractivity contribution in [3.8, 4) is 0 Å². The predicted octanol–water partition coefficient (Wildman–Crippen LogP) is -5.17. The number of likely N-dealkylation sites (tertiary alicyclic amines) is 1. The molecule has 80 valence electrons. The summed E-state index contributed by atoms with van der Waals surface area (Å²) in [5.74, 6) is -2.11. The van der Waals surface area contributed by atoms with Crippen LogP contribution in [0.25, 0.3) is 0 Å². The fraction of sp³-hybridized carbons (Fsp3) is 0.571. The molecule has 1 fully saturated rings. The van der Waals surface area contributed by atoms with E-state index in [1.165, 1.54) is 6.92 Å². The number of amides is 2. The number of halogens is 1. The molecular weight excluding hydrogens is 212 g/mol. The molecule has 1 heterocycles. The number of carbonyl (C=O) groups is 3. The van der Waals surface area contributed by atoms with E-state index in [-0.39, 0.29) is 18.8 Å². The zero-order chi connectivity index (χ0) is 10.2. The molecule has 0 aliphatic carbocycles. The molecule has 0 saturated carbocycles. The standard InChI is InChI=1S/C7H10N2O4.ClH/c1-3(8)6(11)9-4(7(12)13)2-5(9)10;/h3-4H,2,8H2,1H3,(H,12,13);1H/t3-,4-;/m0./s1. The first-order valence-electron chi connectivity index (χ1n) is 3.87. The number of β-lactam (4-membered cyclic amide) rings is 1. The molecule has 4 N–H and O–H groups in total. The molecular formula is C7H11ClN2O4. The van der Waals surface area contributed by atoms with Gasteiger partial charge in [-0.3, -0.25) is 14.5 Å². The van der Waals surface area contributed by atoms with Gasteiger partial charge in [-0.1, -0.05) is 0 Å². The van der Waals surface area contributed by atoms with Gasteiger partial charge in [0.15, 0.2) is 6.04 Å². The van der Waals surface area contributed by atoms with Gasteiger partial charge in [0.05, 0.1) is 6.42 Å². The Bertz CT molecular complexity index is 279. The van der Waals surface area contributed by atoms with Crippen LogP contribution in [0.5, 0.6) is 0 Å². The minimum atomic E-state index is -1.14. The number of hydrogen-bond acceptors (Lipinski definition) is 3. The molecule has 2 amide bonds. The summed E-state index contributed by atoms with van der Waals surface area (Å²) in [6, 6.07) is -1.57. The molecule has 14 heavy (non-hydrogen) atoms. The molecule has 7 heteroatoms. The summed E-state index contributed by atoms with van der Waals surface area (Å²) in [6.45, 7) is 1.52. The van der Waals surface area contributed by atoms with Crippen molar-refractivity contribution < 1.29 is 37.6 Å². The molecule has 0 spiro atoms. The third kappa shape index (κ3) is 2.02. The molecule has 0 aromatic rings. The minimum absolute atomic E-state index is 0. The van der Waals surface area contributed by atoms with E-state index in [1.807, 2.05) is 0 Å². The van der Waals surface area contributed by atoms with Gasteiger partial charge in [0.1, 0.15) is 6.04 Å². The number of rotatable bonds is 2. The molecule has 0 unspecified atom stereocenters. The molecule has 0 aromatic heterocycles. The number of carboxylic acid groups (broad SMARTS) is 1. The van der Waals surface area contributed by atoms with Gasteiger partial charge in [-0.2, -0.15) is 0 Å². The number of carbonyl (C=O) groups excluding carboxylic acids is 2. The maximum atomic E-state index is 11.2. The van der Waals surface area contributed by atoms with Crippen LogP contribution in [0.2, 0.25) is 0 Å². The van der Waals surface area contributed by atoms with Crippen molar-refractivity contribution in [2.24, 2.45) is 0 Å². The van der Waals surface area contributed by atoms with Gasteiger partial charge in [-0.05, 0) is 6.92 Å². The van der Waals surface area contributed by atoms with E-state index >= 15 is 0 Å². The second-order valence-corrected chi connectivity index (χ2v) is 3.06. The molecule has 1 aliphatic rings. The largest absolute Gasteiger partial charge is 1.00 e. The Morgan fingerprint density at radius 3 is 2.43 bits per heavy atom. The average molecular weight is 223 g/mol. The fourth-order valence-corrected chi connectivity index (χ4v) is 1.13. The van der Waals surface area contributed by atoms with Crippen LogP contribution in [0, 0.1) is 0 Å². The monoisotopic (exact) mass is 222 g/mol. The Balaban J connectivity index is 0.00000169. The highest BCUT2D eigenvalue weighted by atomic mass is 35.5. The quantitative estimate of drug-likeness (QED) is 0.456. The van der Waals surface area contributed by atoms with E-state index < -0.39 is 29.9 Å². The number of quaternary nitrogens is 1. The Labute approximate surface area is 86.5 Å². The fourth-order valence-electron chi connectivity index (χ4n) is 1.13. The first-order chi connectivity index (χ1) is 5.95. The zero-order valence-corrected chi connectivity index (χ0v) is 8.32. The van der Waals surface area contributed by atoms with Crippen LogP contribution in [-0.4, -0.2) is 39.9 Å². The first-order valence-corrected chi connectivity index (χ1v) is 3.87. The van der Waals surface area contributed by atoms with Crippen molar-refractivity contribution in [1.82, 2.24) is 4.90 Å². The summed E-state index contributed by atoms with van der Waals surface area (Å²) in [4.78, 5) is 33.4. The lowest BCUT2D eigenvalue weighted by Gasteiger charge is -2.35. The highest BCUT2D eigenvalue weighted by molar-refractivity contribution is 6.07. The molecule has 1 aliphatic heterocycles. The van der Waals surface area contributed by atoms with Crippen LogP contribution in [0.4, 0.5) is 0 Å². The zero-order valence-electron chi connectivity index (χ0n) is 7.57. The van der Waals surface area contributed by atoms with Crippen LogP contribution < -0.4 is 18.1 Å². The van der Waals surface area contributed by atoms with Gasteiger partial charge in [0.2, 0.25) is 5.91 Å². The SMILES string of the molecule is C[C@H]([NH3+])C(=O)N1C(=O)C[C@H]1C(=O)O.[Cl-]. The van der Waals surface area contributed by atoms with E-state index in [2.05, 4.69) is 5.73 Å². The van der Waals surface area contributed by atoms with E-state index in [4.69, 9.17) is 5.11 Å². The summed E-state index contributed by atoms with van der Waals surface area (Å²) in [7, 11) is 0. The van der Waals surface area contributed by atoms with Crippen molar-refractivity contribution in [1.29, 1.82) is 0 Å². The summed E-state index contributed by atoms with van der Waals surface area (Å²) < 4.78 is 0. The Morgan fingerprint density at radius 2 is 2.14 bits per heavy atom. The highest BCUT2D eigenvalue weighted by Gasteiger charge is 2.46. The lowest BCUT2D eigenvalue weighted by Crippen LogP contribution is -3.00. The predicted molar refractivity (Wildman–Crippen MR) is 40.2 cm³/mol. The van der Waals surface area contributed by atoms with Gasteiger partial charge < -0.3 is 23.2 Å². The van der Waals surface area contributed by atoms with Gasteiger partial charge in [-0.25, -0.2) is 4.79 Å². The van der Waals surface area contributed by atoms with Gasteiger partial charge >= 0.3 is 5.97 Å². The Morgan fingerprint density at radius 1 is 1.64 bits per heavy atom.